The summed E-state index contributed by atoms with van der Waals surface area (Å²) in [5, 5.41) is 0.648. The van der Waals surface area contributed by atoms with Gasteiger partial charge in [0, 0.05) is 43.6 Å². The van der Waals surface area contributed by atoms with Crippen LogP contribution in [0.15, 0.2) is 18.2 Å². The molecule has 0 aliphatic rings. The van der Waals surface area contributed by atoms with Crippen LogP contribution in [-0.2, 0) is 9.47 Å². The molecule has 0 radical (unpaired) electrons. The molecule has 0 heterocycles. The van der Waals surface area contributed by atoms with E-state index in [1.54, 1.807) is 20.3 Å². The van der Waals surface area contributed by atoms with E-state index in [4.69, 9.17) is 39.0 Å². The molecule has 0 bridgehead atoms. The Bertz CT molecular complexity index is 421. The smallest absolute Gasteiger partial charge is 0.106 e. The summed E-state index contributed by atoms with van der Waals surface area (Å²) in [6.45, 7) is 2.64. The molecule has 1 aromatic rings. The van der Waals surface area contributed by atoms with Gasteiger partial charge in [0.05, 0.1) is 13.2 Å². The van der Waals surface area contributed by atoms with Crippen LogP contribution in [0.2, 0.25) is 5.02 Å². The Morgan fingerprint density at radius 1 is 1.26 bits per heavy atom. The van der Waals surface area contributed by atoms with Crippen molar-refractivity contribution in [2.75, 3.05) is 45.4 Å². The average molecular weight is 303 g/mol. The molecule has 2 N–H and O–H groups in total. The number of halogens is 1. The predicted octanol–water partition coefficient (Wildman–Crippen LogP) is 2.07. The second-order valence-electron chi connectivity index (χ2n) is 4.00. The minimum absolute atomic E-state index is 0.353. The van der Waals surface area contributed by atoms with Crippen molar-refractivity contribution in [3.8, 4) is 0 Å². The first-order valence-electron chi connectivity index (χ1n) is 5.92. The minimum atomic E-state index is 0.353. The number of methoxy groups -OCH3 is 2. The highest BCUT2D eigenvalue weighted by molar-refractivity contribution is 7.80. The Morgan fingerprint density at radius 3 is 2.32 bits per heavy atom. The zero-order valence-corrected chi connectivity index (χ0v) is 12.8. The molecule has 0 amide bonds. The molecule has 1 rings (SSSR count). The van der Waals surface area contributed by atoms with Crippen molar-refractivity contribution >= 4 is 34.5 Å². The Kier molecular flexibility index (Phi) is 7.09. The van der Waals surface area contributed by atoms with Gasteiger partial charge in [0.2, 0.25) is 0 Å². The van der Waals surface area contributed by atoms with E-state index in [1.807, 2.05) is 12.1 Å². The average Bonchev–Trinajstić information content (AvgIpc) is 2.38. The standard InChI is InChI=1S/C13H19ClN2O2S/c1-17-7-5-16(6-8-18-2)12-9-10(14)3-4-11(12)13(15)19/h3-4,9H,5-8H2,1-2H3,(H2,15,19). The van der Waals surface area contributed by atoms with Crippen LogP contribution in [0.5, 0.6) is 0 Å². The van der Waals surface area contributed by atoms with Gasteiger partial charge in [-0.1, -0.05) is 23.8 Å². The fourth-order valence-electron chi connectivity index (χ4n) is 1.73. The quantitative estimate of drug-likeness (QED) is 0.745. The van der Waals surface area contributed by atoms with Crippen molar-refractivity contribution in [3.63, 3.8) is 0 Å². The number of benzene rings is 1. The molecule has 0 saturated heterocycles. The highest BCUT2D eigenvalue weighted by Crippen LogP contribution is 2.25. The van der Waals surface area contributed by atoms with Gasteiger partial charge >= 0.3 is 0 Å². The number of thiocarbonyl (C=S) groups is 1. The normalized spacial score (nSPS) is 10.5. The molecule has 0 aliphatic heterocycles. The third kappa shape index (κ3) is 4.95. The van der Waals surface area contributed by atoms with Crippen LogP contribution in [-0.4, -0.2) is 45.5 Å². The van der Waals surface area contributed by atoms with Crippen LogP contribution < -0.4 is 10.6 Å². The number of ether oxygens (including phenoxy) is 2. The van der Waals surface area contributed by atoms with Crippen LogP contribution in [0.3, 0.4) is 0 Å². The molecular formula is C13H19ClN2O2S. The molecule has 1 aromatic carbocycles. The molecule has 0 aliphatic carbocycles. The van der Waals surface area contributed by atoms with Crippen molar-refractivity contribution in [1.29, 1.82) is 0 Å². The van der Waals surface area contributed by atoms with Gasteiger partial charge in [-0.2, -0.15) is 0 Å². The Labute approximate surface area is 124 Å². The van der Waals surface area contributed by atoms with E-state index in [0.29, 0.717) is 23.2 Å². The number of nitrogens with zero attached hydrogens (tertiary/aromatic N) is 1. The molecule has 0 atom stereocenters. The van der Waals surface area contributed by atoms with Gasteiger partial charge in [-0.25, -0.2) is 0 Å². The van der Waals surface area contributed by atoms with Crippen molar-refractivity contribution < 1.29 is 9.47 Å². The SMILES string of the molecule is COCCN(CCOC)c1cc(Cl)ccc1C(N)=S. The third-order valence-corrected chi connectivity index (χ3v) is 3.15. The van der Waals surface area contributed by atoms with E-state index < -0.39 is 0 Å². The lowest BCUT2D eigenvalue weighted by Crippen LogP contribution is -2.32. The van der Waals surface area contributed by atoms with Crippen LogP contribution in [0.4, 0.5) is 5.69 Å². The van der Waals surface area contributed by atoms with E-state index >= 15 is 0 Å². The van der Waals surface area contributed by atoms with Gasteiger partial charge in [-0.05, 0) is 18.2 Å². The van der Waals surface area contributed by atoms with Crippen LogP contribution in [0.1, 0.15) is 5.56 Å². The van der Waals surface area contributed by atoms with Crippen molar-refractivity contribution in [1.82, 2.24) is 0 Å². The highest BCUT2D eigenvalue weighted by Gasteiger charge is 2.13. The number of hydrogen-bond donors (Lipinski definition) is 1. The summed E-state index contributed by atoms with van der Waals surface area (Å²) in [4.78, 5) is 2.46. The van der Waals surface area contributed by atoms with Crippen LogP contribution in [0, 0.1) is 0 Å². The molecule has 0 unspecified atom stereocenters. The lowest BCUT2D eigenvalue weighted by molar-refractivity contribution is 0.190. The monoisotopic (exact) mass is 302 g/mol. The molecule has 0 aromatic heterocycles. The van der Waals surface area contributed by atoms with Gasteiger partial charge < -0.3 is 20.1 Å². The largest absolute Gasteiger partial charge is 0.389 e. The van der Waals surface area contributed by atoms with Gasteiger partial charge in [-0.3, -0.25) is 0 Å². The molecule has 106 valence electrons. The summed E-state index contributed by atoms with van der Waals surface area (Å²) >= 11 is 11.1. The summed E-state index contributed by atoms with van der Waals surface area (Å²) in [6.07, 6.45) is 0. The first kappa shape index (κ1) is 16.2. The predicted molar refractivity (Wildman–Crippen MR) is 83.3 cm³/mol. The molecule has 19 heavy (non-hydrogen) atoms. The van der Waals surface area contributed by atoms with E-state index in [-0.39, 0.29) is 0 Å². The fraction of sp³-hybridized carbons (Fsp3) is 0.462. The molecule has 4 nitrogen and oxygen atoms in total. The second-order valence-corrected chi connectivity index (χ2v) is 4.87. The van der Waals surface area contributed by atoms with Crippen molar-refractivity contribution in [3.05, 3.63) is 28.8 Å². The lowest BCUT2D eigenvalue weighted by Gasteiger charge is -2.26. The number of nitrogens with two attached hydrogens (primary N) is 1. The number of rotatable bonds is 8. The van der Waals surface area contributed by atoms with Crippen LogP contribution in [0.25, 0.3) is 0 Å². The second kappa shape index (κ2) is 8.32. The maximum absolute atomic E-state index is 6.06. The maximum atomic E-state index is 6.06. The van der Waals surface area contributed by atoms with E-state index in [9.17, 15) is 0 Å². The molecule has 0 saturated carbocycles. The van der Waals surface area contributed by atoms with E-state index in [1.165, 1.54) is 0 Å². The third-order valence-electron chi connectivity index (χ3n) is 2.70. The zero-order valence-electron chi connectivity index (χ0n) is 11.2. The Morgan fingerprint density at radius 2 is 1.84 bits per heavy atom. The van der Waals surface area contributed by atoms with Gasteiger partial charge in [0.15, 0.2) is 0 Å². The summed E-state index contributed by atoms with van der Waals surface area (Å²) in [5.74, 6) is 0. The Hall–Kier alpha value is -0.880. The molecule has 0 spiro atoms. The van der Waals surface area contributed by atoms with Gasteiger partial charge in [0.1, 0.15) is 4.99 Å². The van der Waals surface area contributed by atoms with Crippen molar-refractivity contribution in [2.45, 2.75) is 0 Å². The van der Waals surface area contributed by atoms with E-state index in [2.05, 4.69) is 4.90 Å². The summed E-state index contributed by atoms with van der Waals surface area (Å²) in [6, 6.07) is 5.48. The topological polar surface area (TPSA) is 47.7 Å². The van der Waals surface area contributed by atoms with E-state index in [0.717, 1.165) is 24.3 Å². The summed E-state index contributed by atoms with van der Waals surface area (Å²) in [7, 11) is 3.34. The number of anilines is 1. The Balaban J connectivity index is 3.03. The molecule has 0 fully saturated rings. The minimum Gasteiger partial charge on any atom is -0.389 e. The van der Waals surface area contributed by atoms with Crippen LogP contribution >= 0.6 is 23.8 Å². The zero-order chi connectivity index (χ0) is 14.3. The van der Waals surface area contributed by atoms with Gasteiger partial charge in [-0.15, -0.1) is 0 Å². The molecule has 6 heteroatoms. The lowest BCUT2D eigenvalue weighted by atomic mass is 10.1. The first-order valence-corrected chi connectivity index (χ1v) is 6.71. The van der Waals surface area contributed by atoms with Gasteiger partial charge in [0.25, 0.3) is 0 Å². The maximum Gasteiger partial charge on any atom is 0.106 e. The fourth-order valence-corrected chi connectivity index (χ4v) is 2.07. The highest BCUT2D eigenvalue weighted by atomic mass is 35.5. The number of hydrogen-bond acceptors (Lipinski definition) is 4. The summed E-state index contributed by atoms with van der Waals surface area (Å²) in [5.41, 5.74) is 7.48. The summed E-state index contributed by atoms with van der Waals surface area (Å²) < 4.78 is 10.2. The van der Waals surface area contributed by atoms with Crippen molar-refractivity contribution in [2.24, 2.45) is 5.73 Å². The molecular weight excluding hydrogens is 284 g/mol. The first-order chi connectivity index (χ1) is 9.10.